The van der Waals surface area contributed by atoms with E-state index >= 15 is 0 Å². The lowest BCUT2D eigenvalue weighted by Gasteiger charge is -2.05. The van der Waals surface area contributed by atoms with Crippen LogP contribution in [0.4, 0.5) is 0 Å². The maximum atomic E-state index is 4.77. The number of rotatable bonds is 4. The zero-order valence-corrected chi connectivity index (χ0v) is 10.1. The van der Waals surface area contributed by atoms with Gasteiger partial charge in [0, 0.05) is 17.7 Å². The van der Waals surface area contributed by atoms with Crippen LogP contribution in [0.5, 0.6) is 0 Å². The average molecular weight is 219 g/mol. The number of imidazole rings is 1. The van der Waals surface area contributed by atoms with Crippen molar-refractivity contribution in [2.24, 2.45) is 0 Å². The van der Waals surface area contributed by atoms with E-state index in [1.165, 1.54) is 49.9 Å². The summed E-state index contributed by atoms with van der Waals surface area (Å²) in [7, 11) is 0. The molecule has 2 aliphatic carbocycles. The second kappa shape index (κ2) is 4.21. The molecule has 1 aromatic heterocycles. The van der Waals surface area contributed by atoms with Crippen LogP contribution in [0.15, 0.2) is 0 Å². The van der Waals surface area contributed by atoms with Gasteiger partial charge in [0.25, 0.3) is 0 Å². The van der Waals surface area contributed by atoms with Crippen LogP contribution in [0.2, 0.25) is 0 Å². The molecule has 0 radical (unpaired) electrons. The van der Waals surface area contributed by atoms with Crippen molar-refractivity contribution in [3.8, 4) is 0 Å². The highest BCUT2D eigenvalue weighted by Gasteiger charge is 2.23. The Kier molecular flexibility index (Phi) is 2.72. The molecule has 0 aliphatic heterocycles. The minimum atomic E-state index is 0.728. The molecule has 0 saturated heterocycles. The maximum Gasteiger partial charge on any atom is 0.120 e. The van der Waals surface area contributed by atoms with Crippen LogP contribution in [-0.4, -0.2) is 16.0 Å². The Morgan fingerprint density at radius 1 is 1.25 bits per heavy atom. The number of nitrogens with zero attached hydrogens (tertiary/aromatic N) is 1. The van der Waals surface area contributed by atoms with E-state index < -0.39 is 0 Å². The molecule has 0 spiro atoms. The molecule has 88 valence electrons. The topological polar surface area (TPSA) is 40.7 Å². The molecule has 0 bridgehead atoms. The van der Waals surface area contributed by atoms with Gasteiger partial charge in [-0.25, -0.2) is 4.98 Å². The largest absolute Gasteiger partial charge is 0.345 e. The summed E-state index contributed by atoms with van der Waals surface area (Å²) in [6, 6.07) is 0.764. The third kappa shape index (κ3) is 2.14. The maximum absolute atomic E-state index is 4.77. The van der Waals surface area contributed by atoms with Gasteiger partial charge in [0.2, 0.25) is 0 Å². The average Bonchev–Trinajstić information content (AvgIpc) is 2.80. The molecule has 2 N–H and O–H groups in total. The lowest BCUT2D eigenvalue weighted by Crippen LogP contribution is -2.16. The fraction of sp³-hybridized carbons (Fsp3) is 0.769. The molecule has 1 aromatic rings. The fourth-order valence-electron chi connectivity index (χ4n) is 2.75. The van der Waals surface area contributed by atoms with E-state index in [1.807, 2.05) is 0 Å². The zero-order valence-electron chi connectivity index (χ0n) is 10.1. The van der Waals surface area contributed by atoms with Gasteiger partial charge < -0.3 is 10.3 Å². The monoisotopic (exact) mass is 219 g/mol. The van der Waals surface area contributed by atoms with Crippen LogP contribution in [0, 0.1) is 6.92 Å². The van der Waals surface area contributed by atoms with Gasteiger partial charge in [-0.2, -0.15) is 0 Å². The Bertz CT molecular complexity index is 359. The Hall–Kier alpha value is -0.830. The standard InChI is InChI=1S/C13H21N3/c1-9-13(10-4-2-3-5-10)16-12(15-9)8-14-11-6-7-11/h10-11,14H,2-8H2,1H3,(H,15,16). The van der Waals surface area contributed by atoms with Gasteiger partial charge in [-0.3, -0.25) is 0 Å². The second-order valence-electron chi connectivity index (χ2n) is 5.33. The molecule has 2 saturated carbocycles. The van der Waals surface area contributed by atoms with Crippen molar-refractivity contribution in [1.29, 1.82) is 0 Å². The van der Waals surface area contributed by atoms with Gasteiger partial charge in [-0.15, -0.1) is 0 Å². The molecule has 0 unspecified atom stereocenters. The molecule has 2 fully saturated rings. The molecular weight excluding hydrogens is 198 g/mol. The second-order valence-corrected chi connectivity index (χ2v) is 5.33. The summed E-state index contributed by atoms with van der Waals surface area (Å²) in [6.07, 6.45) is 8.12. The normalized spacial score (nSPS) is 21.8. The van der Waals surface area contributed by atoms with Crippen molar-refractivity contribution in [2.75, 3.05) is 0 Å². The smallest absolute Gasteiger partial charge is 0.120 e. The van der Waals surface area contributed by atoms with Crippen LogP contribution in [0.1, 0.15) is 61.7 Å². The first-order valence-corrected chi connectivity index (χ1v) is 6.61. The summed E-state index contributed by atoms with van der Waals surface area (Å²) in [4.78, 5) is 8.20. The molecule has 3 nitrogen and oxygen atoms in total. The number of nitrogens with one attached hydrogen (secondary N) is 2. The number of aromatic amines is 1. The van der Waals surface area contributed by atoms with E-state index in [-0.39, 0.29) is 0 Å². The van der Waals surface area contributed by atoms with Gasteiger partial charge in [0.15, 0.2) is 0 Å². The van der Waals surface area contributed by atoms with Gasteiger partial charge in [-0.1, -0.05) is 12.8 Å². The molecular formula is C13H21N3. The van der Waals surface area contributed by atoms with Crippen LogP contribution in [-0.2, 0) is 6.54 Å². The fourth-order valence-corrected chi connectivity index (χ4v) is 2.75. The number of hydrogen-bond donors (Lipinski definition) is 2. The SMILES string of the molecule is Cc1[nH]c(CNC2CC2)nc1C1CCCC1. The van der Waals surface area contributed by atoms with Crippen LogP contribution >= 0.6 is 0 Å². The van der Waals surface area contributed by atoms with Crippen molar-refractivity contribution in [2.45, 2.75) is 64.0 Å². The van der Waals surface area contributed by atoms with Gasteiger partial charge >= 0.3 is 0 Å². The molecule has 0 amide bonds. The number of hydrogen-bond acceptors (Lipinski definition) is 2. The molecule has 16 heavy (non-hydrogen) atoms. The predicted molar refractivity (Wildman–Crippen MR) is 64.4 cm³/mol. The van der Waals surface area contributed by atoms with Gasteiger partial charge in [0.1, 0.15) is 5.82 Å². The van der Waals surface area contributed by atoms with E-state index in [9.17, 15) is 0 Å². The van der Waals surface area contributed by atoms with Crippen LogP contribution in [0.3, 0.4) is 0 Å². The third-order valence-corrected chi connectivity index (χ3v) is 3.85. The Morgan fingerprint density at radius 3 is 2.69 bits per heavy atom. The molecule has 0 aromatic carbocycles. The number of aryl methyl sites for hydroxylation is 1. The van der Waals surface area contributed by atoms with Crippen molar-refractivity contribution < 1.29 is 0 Å². The van der Waals surface area contributed by atoms with Crippen molar-refractivity contribution in [3.63, 3.8) is 0 Å². The molecule has 3 heteroatoms. The Balaban J connectivity index is 1.67. The summed E-state index contributed by atoms with van der Waals surface area (Å²) in [5.74, 6) is 1.86. The Labute approximate surface area is 97.0 Å². The van der Waals surface area contributed by atoms with Crippen LogP contribution < -0.4 is 5.32 Å². The van der Waals surface area contributed by atoms with Gasteiger partial charge in [-0.05, 0) is 32.6 Å². The van der Waals surface area contributed by atoms with Crippen molar-refractivity contribution >= 4 is 0 Å². The summed E-state index contributed by atoms with van der Waals surface area (Å²) in [5, 5.41) is 3.51. The highest BCUT2D eigenvalue weighted by atomic mass is 15.0. The highest BCUT2D eigenvalue weighted by Crippen LogP contribution is 2.34. The zero-order chi connectivity index (χ0) is 11.0. The third-order valence-electron chi connectivity index (χ3n) is 3.85. The minimum Gasteiger partial charge on any atom is -0.345 e. The molecule has 3 rings (SSSR count). The first kappa shape index (κ1) is 10.3. The van der Waals surface area contributed by atoms with Crippen molar-refractivity contribution in [3.05, 3.63) is 17.2 Å². The molecule has 2 aliphatic rings. The highest BCUT2D eigenvalue weighted by molar-refractivity contribution is 5.18. The minimum absolute atomic E-state index is 0.728. The molecule has 1 heterocycles. The summed E-state index contributed by atoms with van der Waals surface area (Å²) < 4.78 is 0. The number of aromatic nitrogens is 2. The van der Waals surface area contributed by atoms with E-state index in [2.05, 4.69) is 17.2 Å². The number of H-pyrrole nitrogens is 1. The first-order valence-electron chi connectivity index (χ1n) is 6.61. The summed E-state index contributed by atoms with van der Waals surface area (Å²) in [5.41, 5.74) is 2.63. The van der Waals surface area contributed by atoms with E-state index in [0.29, 0.717) is 0 Å². The summed E-state index contributed by atoms with van der Waals surface area (Å²) in [6.45, 7) is 3.08. The quantitative estimate of drug-likeness (QED) is 0.817. The predicted octanol–water partition coefficient (Wildman–Crippen LogP) is 2.63. The Morgan fingerprint density at radius 2 is 2.00 bits per heavy atom. The van der Waals surface area contributed by atoms with Gasteiger partial charge in [0.05, 0.1) is 12.2 Å². The van der Waals surface area contributed by atoms with Crippen LogP contribution in [0.25, 0.3) is 0 Å². The lowest BCUT2D eigenvalue weighted by atomic mass is 10.0. The molecule has 0 atom stereocenters. The van der Waals surface area contributed by atoms with Crippen molar-refractivity contribution in [1.82, 2.24) is 15.3 Å². The lowest BCUT2D eigenvalue weighted by molar-refractivity contribution is 0.654. The van der Waals surface area contributed by atoms with E-state index in [0.717, 1.165) is 24.3 Å². The van der Waals surface area contributed by atoms with E-state index in [4.69, 9.17) is 4.98 Å². The summed E-state index contributed by atoms with van der Waals surface area (Å²) >= 11 is 0. The first-order chi connectivity index (χ1) is 7.83. The van der Waals surface area contributed by atoms with E-state index in [1.54, 1.807) is 0 Å².